The molecule has 4 aromatic rings. The third kappa shape index (κ3) is 2.51. The molecular formula is C20H18N6OS. The highest BCUT2D eigenvalue weighted by Crippen LogP contribution is 2.64. The van der Waals surface area contributed by atoms with Gasteiger partial charge in [0.25, 0.3) is 0 Å². The maximum Gasteiger partial charge on any atom is 0.230 e. The summed E-state index contributed by atoms with van der Waals surface area (Å²) in [4.78, 5) is 21.2. The number of fused-ring (bicyclic) bond motifs is 1. The van der Waals surface area contributed by atoms with Crippen molar-refractivity contribution in [2.75, 3.05) is 18.0 Å². The fraction of sp³-hybridized carbons (Fsp3) is 0.350. The van der Waals surface area contributed by atoms with E-state index in [4.69, 9.17) is 4.52 Å². The summed E-state index contributed by atoms with van der Waals surface area (Å²) >= 11 is 1.67. The Morgan fingerprint density at radius 2 is 2.11 bits per heavy atom. The van der Waals surface area contributed by atoms with Gasteiger partial charge in [-0.3, -0.25) is 4.98 Å². The molecule has 4 aromatic heterocycles. The van der Waals surface area contributed by atoms with Gasteiger partial charge in [-0.25, -0.2) is 9.97 Å². The Morgan fingerprint density at radius 1 is 1.18 bits per heavy atom. The van der Waals surface area contributed by atoms with E-state index in [2.05, 4.69) is 41.4 Å². The van der Waals surface area contributed by atoms with E-state index in [0.717, 1.165) is 59.8 Å². The molecule has 0 radical (unpaired) electrons. The van der Waals surface area contributed by atoms with Gasteiger partial charge in [0.1, 0.15) is 17.0 Å². The zero-order valence-corrected chi connectivity index (χ0v) is 16.0. The molecule has 8 heteroatoms. The van der Waals surface area contributed by atoms with Gasteiger partial charge in [-0.15, -0.1) is 11.3 Å². The summed E-state index contributed by atoms with van der Waals surface area (Å²) in [6, 6.07) is 5.96. The van der Waals surface area contributed by atoms with Gasteiger partial charge < -0.3 is 9.42 Å². The van der Waals surface area contributed by atoms with Crippen LogP contribution in [0.2, 0.25) is 0 Å². The van der Waals surface area contributed by atoms with Crippen LogP contribution >= 0.6 is 11.3 Å². The summed E-state index contributed by atoms with van der Waals surface area (Å²) in [5, 5.41) is 7.41. The molecule has 0 N–H and O–H groups in total. The summed E-state index contributed by atoms with van der Waals surface area (Å²) in [7, 11) is 0. The Labute approximate surface area is 165 Å². The van der Waals surface area contributed by atoms with E-state index in [-0.39, 0.29) is 0 Å². The lowest BCUT2D eigenvalue weighted by Gasteiger charge is -2.33. The van der Waals surface area contributed by atoms with Gasteiger partial charge in [0, 0.05) is 37.0 Å². The molecule has 140 valence electrons. The van der Waals surface area contributed by atoms with Crippen molar-refractivity contribution >= 4 is 27.4 Å². The molecule has 2 fully saturated rings. The third-order valence-corrected chi connectivity index (χ3v) is 6.97. The van der Waals surface area contributed by atoms with Crippen LogP contribution in [-0.4, -0.2) is 38.2 Å². The average molecular weight is 390 g/mol. The summed E-state index contributed by atoms with van der Waals surface area (Å²) in [6.07, 6.45) is 8.57. The van der Waals surface area contributed by atoms with Crippen LogP contribution in [0.4, 0.5) is 5.82 Å². The van der Waals surface area contributed by atoms with Crippen LogP contribution in [0.15, 0.2) is 46.8 Å². The van der Waals surface area contributed by atoms with Gasteiger partial charge in [0.2, 0.25) is 11.7 Å². The molecule has 1 unspecified atom stereocenters. The lowest BCUT2D eigenvalue weighted by molar-refractivity contribution is 0.326. The van der Waals surface area contributed by atoms with Crippen molar-refractivity contribution < 1.29 is 4.52 Å². The van der Waals surface area contributed by atoms with E-state index in [1.165, 1.54) is 0 Å². The average Bonchev–Trinajstić information content (AvgIpc) is 3.13. The number of aromatic nitrogens is 5. The van der Waals surface area contributed by atoms with Gasteiger partial charge in [-0.1, -0.05) is 5.16 Å². The SMILES string of the molecule is c1cncc(-c2noc(C3CC34CCN(c3ncnc5sccc35)CC4)n2)c1. The van der Waals surface area contributed by atoms with E-state index in [0.29, 0.717) is 17.2 Å². The molecule has 7 nitrogen and oxygen atoms in total. The largest absolute Gasteiger partial charge is 0.356 e. The Bertz CT molecular complexity index is 1130. The van der Waals surface area contributed by atoms with Crippen molar-refractivity contribution in [3.8, 4) is 11.4 Å². The minimum atomic E-state index is 0.302. The number of anilines is 1. The number of hydrogen-bond donors (Lipinski definition) is 0. The first-order chi connectivity index (χ1) is 13.8. The Kier molecular flexibility index (Phi) is 3.49. The molecule has 1 spiro atoms. The van der Waals surface area contributed by atoms with Crippen molar-refractivity contribution in [2.45, 2.75) is 25.2 Å². The quantitative estimate of drug-likeness (QED) is 0.524. The molecule has 1 aliphatic carbocycles. The van der Waals surface area contributed by atoms with Crippen molar-refractivity contribution in [3.05, 3.63) is 48.2 Å². The fourth-order valence-electron chi connectivity index (χ4n) is 4.43. The topological polar surface area (TPSA) is 80.8 Å². The van der Waals surface area contributed by atoms with E-state index >= 15 is 0 Å². The molecule has 1 aliphatic heterocycles. The van der Waals surface area contributed by atoms with Gasteiger partial charge in [-0.05, 0) is 48.3 Å². The molecule has 1 saturated heterocycles. The molecular weight excluding hydrogens is 372 g/mol. The lowest BCUT2D eigenvalue weighted by Crippen LogP contribution is -2.35. The highest BCUT2D eigenvalue weighted by molar-refractivity contribution is 7.16. The first-order valence-corrected chi connectivity index (χ1v) is 10.4. The van der Waals surface area contributed by atoms with Gasteiger partial charge in [-0.2, -0.15) is 4.98 Å². The molecule has 28 heavy (non-hydrogen) atoms. The second-order valence-electron chi connectivity index (χ2n) is 7.64. The van der Waals surface area contributed by atoms with Crippen molar-refractivity contribution in [2.24, 2.45) is 5.41 Å². The maximum absolute atomic E-state index is 5.61. The summed E-state index contributed by atoms with van der Waals surface area (Å²) in [5.41, 5.74) is 1.20. The minimum Gasteiger partial charge on any atom is -0.356 e. The molecule has 2 aliphatic rings. The summed E-state index contributed by atoms with van der Waals surface area (Å²) < 4.78 is 5.61. The number of thiophene rings is 1. The second kappa shape index (κ2) is 6.07. The lowest BCUT2D eigenvalue weighted by atomic mass is 9.90. The van der Waals surface area contributed by atoms with Gasteiger partial charge in [0.15, 0.2) is 0 Å². The van der Waals surface area contributed by atoms with Crippen molar-refractivity contribution in [1.29, 1.82) is 0 Å². The smallest absolute Gasteiger partial charge is 0.230 e. The maximum atomic E-state index is 5.61. The molecule has 6 rings (SSSR count). The summed E-state index contributed by atoms with van der Waals surface area (Å²) in [5.74, 6) is 2.84. The van der Waals surface area contributed by atoms with Crippen LogP contribution in [0, 0.1) is 5.41 Å². The Balaban J connectivity index is 1.18. The van der Waals surface area contributed by atoms with Crippen LogP contribution in [0.1, 0.15) is 31.1 Å². The van der Waals surface area contributed by atoms with Crippen LogP contribution in [-0.2, 0) is 0 Å². The van der Waals surface area contributed by atoms with Crippen LogP contribution < -0.4 is 4.90 Å². The zero-order chi connectivity index (χ0) is 18.6. The number of pyridine rings is 1. The molecule has 0 bridgehead atoms. The monoisotopic (exact) mass is 390 g/mol. The van der Waals surface area contributed by atoms with Crippen LogP contribution in [0.25, 0.3) is 21.6 Å². The second-order valence-corrected chi connectivity index (χ2v) is 8.54. The Hall–Kier alpha value is -2.87. The summed E-state index contributed by atoms with van der Waals surface area (Å²) in [6.45, 7) is 2.00. The van der Waals surface area contributed by atoms with E-state index in [9.17, 15) is 0 Å². The number of hydrogen-bond acceptors (Lipinski definition) is 8. The predicted octanol–water partition coefficient (Wildman–Crippen LogP) is 3.91. The molecule has 5 heterocycles. The molecule has 0 aromatic carbocycles. The molecule has 1 saturated carbocycles. The standard InChI is InChI=1S/C20H18N6OS/c1-2-13(11-21-6-1)16-24-18(27-25-16)15-10-20(15)4-7-26(8-5-20)17-14-3-9-28-19(14)23-12-22-17/h1-3,6,9,11-12,15H,4-5,7-8,10H2. The first-order valence-electron chi connectivity index (χ1n) is 9.50. The zero-order valence-electron chi connectivity index (χ0n) is 15.2. The highest BCUT2D eigenvalue weighted by atomic mass is 32.1. The van der Waals surface area contributed by atoms with Gasteiger partial charge >= 0.3 is 0 Å². The van der Waals surface area contributed by atoms with E-state index in [1.807, 2.05) is 12.1 Å². The first kappa shape index (κ1) is 16.1. The fourth-order valence-corrected chi connectivity index (χ4v) is 5.16. The normalized spacial score (nSPS) is 20.7. The molecule has 1 atom stereocenters. The van der Waals surface area contributed by atoms with E-state index in [1.54, 1.807) is 30.1 Å². The number of piperidine rings is 1. The number of nitrogens with zero attached hydrogens (tertiary/aromatic N) is 6. The predicted molar refractivity (Wildman–Crippen MR) is 106 cm³/mol. The van der Waals surface area contributed by atoms with Crippen molar-refractivity contribution in [3.63, 3.8) is 0 Å². The minimum absolute atomic E-state index is 0.302. The van der Waals surface area contributed by atoms with E-state index < -0.39 is 0 Å². The third-order valence-electron chi connectivity index (χ3n) is 6.15. The Morgan fingerprint density at radius 3 is 2.96 bits per heavy atom. The molecule has 0 amide bonds. The highest BCUT2D eigenvalue weighted by Gasteiger charge is 2.58. The van der Waals surface area contributed by atoms with Crippen LogP contribution in [0.5, 0.6) is 0 Å². The van der Waals surface area contributed by atoms with Crippen LogP contribution in [0.3, 0.4) is 0 Å². The number of rotatable bonds is 3. The van der Waals surface area contributed by atoms with Gasteiger partial charge in [0.05, 0.1) is 5.39 Å². The van der Waals surface area contributed by atoms with Crippen molar-refractivity contribution in [1.82, 2.24) is 25.1 Å².